The quantitative estimate of drug-likeness (QED) is 0.346. The molecule has 4 aliphatic rings. The largest absolute Gasteiger partial charge is 0.475 e. The van der Waals surface area contributed by atoms with Crippen LogP contribution >= 0.6 is 0 Å². The minimum Gasteiger partial charge on any atom is -0.475 e. The number of hydrogen-bond donors (Lipinski definition) is 0. The van der Waals surface area contributed by atoms with Crippen LogP contribution in [0.15, 0.2) is 49.1 Å². The molecule has 3 fully saturated rings. The topological polar surface area (TPSA) is 75.9 Å². The van der Waals surface area contributed by atoms with E-state index in [9.17, 15) is 10.1 Å². The Bertz CT molecular complexity index is 1680. The van der Waals surface area contributed by atoms with Crippen molar-refractivity contribution in [2.45, 2.75) is 64.6 Å². The third-order valence-electron chi connectivity index (χ3n) is 10.9. The van der Waals surface area contributed by atoms with Gasteiger partial charge < -0.3 is 24.3 Å². The van der Waals surface area contributed by atoms with E-state index < -0.39 is 0 Å². The summed E-state index contributed by atoms with van der Waals surface area (Å²) in [6, 6.07) is 16.2. The lowest BCUT2D eigenvalue weighted by molar-refractivity contribution is -0.139. The van der Waals surface area contributed by atoms with Crippen LogP contribution in [0.25, 0.3) is 10.8 Å². The number of aromatic nitrogens is 1. The second kappa shape index (κ2) is 11.7. The highest BCUT2D eigenvalue weighted by atomic mass is 16.5. The number of amides is 1. The van der Waals surface area contributed by atoms with Crippen LogP contribution in [-0.2, 0) is 17.8 Å². The van der Waals surface area contributed by atoms with Crippen molar-refractivity contribution >= 4 is 28.1 Å². The lowest BCUT2D eigenvalue weighted by Crippen LogP contribution is -2.63. The first kappa shape index (κ1) is 29.6. The SMILES string of the molecule is C=CC(=O)N1CC2(CCN(c3c(C#N)c(OC[C@@H]4CCCN4C)nc4c3CCN(c3cccc5cccc(C)c35)C4)[C@@H](C)C2)C1. The fourth-order valence-corrected chi connectivity index (χ4v) is 8.48. The second-order valence-corrected chi connectivity index (χ2v) is 13.8. The van der Waals surface area contributed by atoms with Crippen LogP contribution in [0.2, 0.25) is 0 Å². The molecule has 8 nitrogen and oxygen atoms in total. The third-order valence-corrected chi connectivity index (χ3v) is 10.9. The minimum absolute atomic E-state index is 0.0197. The Kier molecular flexibility index (Phi) is 7.69. The van der Waals surface area contributed by atoms with Crippen LogP contribution in [0.3, 0.4) is 0 Å². The number of likely N-dealkylation sites (tertiary alicyclic amines) is 2. The average Bonchev–Trinajstić information content (AvgIpc) is 3.45. The number of carbonyl (C=O) groups excluding carboxylic acids is 1. The van der Waals surface area contributed by atoms with E-state index in [2.05, 4.69) is 84.6 Å². The number of carbonyl (C=O) groups is 1. The molecule has 0 bridgehead atoms. The van der Waals surface area contributed by atoms with E-state index in [-0.39, 0.29) is 17.4 Å². The van der Waals surface area contributed by atoms with Gasteiger partial charge >= 0.3 is 0 Å². The van der Waals surface area contributed by atoms with Crippen molar-refractivity contribution in [2.75, 3.05) is 56.2 Å². The number of pyridine rings is 1. The molecule has 4 aliphatic heterocycles. The number of rotatable bonds is 6. The van der Waals surface area contributed by atoms with Gasteiger partial charge in [-0.1, -0.05) is 36.9 Å². The Morgan fingerprint density at radius 2 is 2.00 bits per heavy atom. The van der Waals surface area contributed by atoms with E-state index in [1.807, 2.05) is 4.90 Å². The molecule has 234 valence electrons. The summed E-state index contributed by atoms with van der Waals surface area (Å²) in [4.78, 5) is 26.5. The molecule has 0 N–H and O–H groups in total. The Morgan fingerprint density at radius 3 is 2.71 bits per heavy atom. The molecule has 0 saturated carbocycles. The van der Waals surface area contributed by atoms with Gasteiger partial charge in [0.15, 0.2) is 0 Å². The van der Waals surface area contributed by atoms with Crippen molar-refractivity contribution in [3.05, 3.63) is 71.4 Å². The van der Waals surface area contributed by atoms with Crippen LogP contribution in [-0.4, -0.2) is 79.2 Å². The van der Waals surface area contributed by atoms with Crippen LogP contribution in [0.4, 0.5) is 11.4 Å². The van der Waals surface area contributed by atoms with Gasteiger partial charge in [-0.25, -0.2) is 4.98 Å². The van der Waals surface area contributed by atoms with Crippen LogP contribution in [0, 0.1) is 23.7 Å². The summed E-state index contributed by atoms with van der Waals surface area (Å²) in [7, 11) is 2.15. The average molecular weight is 605 g/mol. The molecule has 3 aromatic rings. The van der Waals surface area contributed by atoms with Gasteiger partial charge in [-0.05, 0) is 82.6 Å². The number of nitrogens with zero attached hydrogens (tertiary/aromatic N) is 6. The number of benzene rings is 2. The number of anilines is 2. The molecular formula is C37H44N6O2. The number of hydrogen-bond acceptors (Lipinski definition) is 7. The van der Waals surface area contributed by atoms with Gasteiger partial charge in [0.2, 0.25) is 11.8 Å². The standard InChI is InChI=1S/C37H44N6O2/c1-5-33(44)42-23-37(24-42)15-18-43(26(3)19-37)35-29-14-17-41(32-13-7-11-27-10-6-9-25(2)34(27)32)21-31(29)39-36(30(35)20-38)45-22-28-12-8-16-40(28)4/h5-7,9-11,13,26,28H,1,8,12,14-19,21-24H2,2-4H3/t26-,28-/m0/s1. The number of piperidine rings is 1. The summed E-state index contributed by atoms with van der Waals surface area (Å²) in [5.74, 6) is 0.493. The molecule has 3 saturated heterocycles. The zero-order chi connectivity index (χ0) is 31.3. The van der Waals surface area contributed by atoms with E-state index in [1.165, 1.54) is 40.1 Å². The molecule has 0 unspecified atom stereocenters. The summed E-state index contributed by atoms with van der Waals surface area (Å²) in [6.07, 6.45) is 6.48. The van der Waals surface area contributed by atoms with E-state index in [4.69, 9.17) is 9.72 Å². The van der Waals surface area contributed by atoms with Crippen LogP contribution in [0.5, 0.6) is 5.88 Å². The van der Waals surface area contributed by atoms with E-state index >= 15 is 0 Å². The number of likely N-dealkylation sites (N-methyl/N-ethyl adjacent to an activating group) is 1. The van der Waals surface area contributed by atoms with Crippen molar-refractivity contribution < 1.29 is 9.53 Å². The Balaban J connectivity index is 1.24. The van der Waals surface area contributed by atoms with Crippen molar-refractivity contribution in [1.82, 2.24) is 14.8 Å². The second-order valence-electron chi connectivity index (χ2n) is 13.8. The van der Waals surface area contributed by atoms with Crippen molar-refractivity contribution in [3.63, 3.8) is 0 Å². The maximum Gasteiger partial charge on any atom is 0.245 e. The highest BCUT2D eigenvalue weighted by Crippen LogP contribution is 2.47. The Morgan fingerprint density at radius 1 is 1.20 bits per heavy atom. The van der Waals surface area contributed by atoms with Gasteiger partial charge in [-0.15, -0.1) is 0 Å². The predicted octanol–water partition coefficient (Wildman–Crippen LogP) is 5.45. The summed E-state index contributed by atoms with van der Waals surface area (Å²) in [5.41, 5.74) is 6.43. The summed E-state index contributed by atoms with van der Waals surface area (Å²) in [5, 5.41) is 13.2. The van der Waals surface area contributed by atoms with Gasteiger partial charge in [0.25, 0.3) is 0 Å². The molecule has 2 atom stereocenters. The molecule has 45 heavy (non-hydrogen) atoms. The number of fused-ring (bicyclic) bond motifs is 2. The minimum atomic E-state index is 0.0197. The molecule has 7 rings (SSSR count). The maximum absolute atomic E-state index is 12.2. The molecule has 0 radical (unpaired) electrons. The number of ether oxygens (including phenoxy) is 1. The highest BCUT2D eigenvalue weighted by molar-refractivity contribution is 5.97. The van der Waals surface area contributed by atoms with Crippen molar-refractivity contribution in [1.29, 1.82) is 5.26 Å². The lowest BCUT2D eigenvalue weighted by atomic mass is 9.69. The van der Waals surface area contributed by atoms with Crippen LogP contribution in [0.1, 0.15) is 55.0 Å². The fourth-order valence-electron chi connectivity index (χ4n) is 8.48. The van der Waals surface area contributed by atoms with Gasteiger partial charge in [0.1, 0.15) is 18.2 Å². The van der Waals surface area contributed by atoms with E-state index in [1.54, 1.807) is 0 Å². The first-order valence-electron chi connectivity index (χ1n) is 16.5. The smallest absolute Gasteiger partial charge is 0.245 e. The lowest BCUT2D eigenvalue weighted by Gasteiger charge is -2.56. The van der Waals surface area contributed by atoms with Gasteiger partial charge in [-0.2, -0.15) is 5.26 Å². The summed E-state index contributed by atoms with van der Waals surface area (Å²) < 4.78 is 6.50. The summed E-state index contributed by atoms with van der Waals surface area (Å²) >= 11 is 0. The van der Waals surface area contributed by atoms with Crippen molar-refractivity contribution in [3.8, 4) is 11.9 Å². The molecular weight excluding hydrogens is 560 g/mol. The Hall–Kier alpha value is -4.09. The van der Waals surface area contributed by atoms with Crippen molar-refractivity contribution in [2.24, 2.45) is 5.41 Å². The molecule has 5 heterocycles. The normalized spacial score (nSPS) is 22.7. The number of aryl methyl sites for hydroxylation is 1. The highest BCUT2D eigenvalue weighted by Gasteiger charge is 2.49. The molecule has 0 aliphatic carbocycles. The molecule has 8 heteroatoms. The monoisotopic (exact) mass is 604 g/mol. The fraction of sp³-hybridized carbons (Fsp3) is 0.486. The van der Waals surface area contributed by atoms with Gasteiger partial charge in [0.05, 0.1) is 17.9 Å². The molecule has 1 aromatic heterocycles. The van der Waals surface area contributed by atoms with E-state index in [0.29, 0.717) is 30.6 Å². The third kappa shape index (κ3) is 5.21. The summed E-state index contributed by atoms with van der Waals surface area (Å²) in [6.45, 7) is 13.7. The van der Waals surface area contributed by atoms with Crippen LogP contribution < -0.4 is 14.5 Å². The van der Waals surface area contributed by atoms with Gasteiger partial charge in [-0.3, -0.25) is 4.79 Å². The zero-order valence-electron chi connectivity index (χ0n) is 26.9. The Labute approximate surface area is 266 Å². The molecule has 1 amide bonds. The first-order valence-corrected chi connectivity index (χ1v) is 16.5. The molecule has 2 aromatic carbocycles. The predicted molar refractivity (Wildman–Crippen MR) is 179 cm³/mol. The zero-order valence-corrected chi connectivity index (χ0v) is 26.9. The molecule has 1 spiro atoms. The maximum atomic E-state index is 12.2. The first-order chi connectivity index (χ1) is 21.8. The van der Waals surface area contributed by atoms with Gasteiger partial charge in [0, 0.05) is 60.3 Å². The number of nitriles is 1. The van der Waals surface area contributed by atoms with E-state index in [0.717, 1.165) is 69.8 Å².